The third kappa shape index (κ3) is 3.94. The molecule has 0 N–H and O–H groups in total. The molecule has 0 saturated carbocycles. The van der Waals surface area contributed by atoms with E-state index < -0.39 is 23.2 Å². The third-order valence-electron chi connectivity index (χ3n) is 3.44. The summed E-state index contributed by atoms with van der Waals surface area (Å²) in [5.41, 5.74) is -2.08. The Morgan fingerprint density at radius 2 is 2.00 bits per heavy atom. The zero-order valence-electron chi connectivity index (χ0n) is 12.8. The van der Waals surface area contributed by atoms with Gasteiger partial charge in [0.2, 0.25) is 0 Å². The number of pyridine rings is 1. The number of piperidine rings is 1. The molecule has 4 nitrogen and oxygen atoms in total. The molecule has 0 aliphatic carbocycles. The first-order valence-electron chi connectivity index (χ1n) is 7.09. The molecule has 0 spiro atoms. The van der Waals surface area contributed by atoms with Crippen molar-refractivity contribution >= 4 is 22.0 Å². The van der Waals surface area contributed by atoms with Crippen molar-refractivity contribution < 1.29 is 18.3 Å². The van der Waals surface area contributed by atoms with E-state index in [0.29, 0.717) is 4.47 Å². The van der Waals surface area contributed by atoms with Gasteiger partial charge in [-0.3, -0.25) is 4.98 Å². The van der Waals surface area contributed by atoms with Gasteiger partial charge in [-0.25, -0.2) is 13.6 Å². The summed E-state index contributed by atoms with van der Waals surface area (Å²) in [6, 6.07) is 1.20. The second-order valence-electron chi connectivity index (χ2n) is 6.42. The largest absolute Gasteiger partial charge is 0.444 e. The van der Waals surface area contributed by atoms with E-state index in [2.05, 4.69) is 20.9 Å². The number of hydrogen-bond acceptors (Lipinski definition) is 3. The smallest absolute Gasteiger partial charge is 0.410 e. The molecule has 0 radical (unpaired) electrons. The Morgan fingerprint density at radius 1 is 1.41 bits per heavy atom. The first kappa shape index (κ1) is 17.1. The van der Waals surface area contributed by atoms with Crippen LogP contribution in [0.25, 0.3) is 0 Å². The fourth-order valence-electron chi connectivity index (χ4n) is 2.35. The van der Waals surface area contributed by atoms with E-state index in [1.54, 1.807) is 20.8 Å². The van der Waals surface area contributed by atoms with Crippen LogP contribution in [-0.4, -0.2) is 34.7 Å². The van der Waals surface area contributed by atoms with Crippen LogP contribution in [0.3, 0.4) is 0 Å². The minimum Gasteiger partial charge on any atom is -0.444 e. The average molecular weight is 377 g/mol. The standard InChI is InChI=1S/C15H19BrF2N2O2/c1-14(2,3)22-13(21)20-6-4-15(18,5-7-20)12-11(16)8-10(17)9-19-12/h8-9H,4-7H2,1-3H3. The molecule has 1 aromatic rings. The summed E-state index contributed by atoms with van der Waals surface area (Å²) in [5.74, 6) is -0.523. The van der Waals surface area contributed by atoms with Crippen LogP contribution in [0, 0.1) is 5.82 Å². The van der Waals surface area contributed by atoms with Crippen LogP contribution in [0.15, 0.2) is 16.7 Å². The number of nitrogens with zero attached hydrogens (tertiary/aromatic N) is 2. The summed E-state index contributed by atoms with van der Waals surface area (Å²) >= 11 is 3.15. The molecule has 22 heavy (non-hydrogen) atoms. The minimum atomic E-state index is -1.68. The molecular formula is C15H19BrF2N2O2. The number of carbonyl (C=O) groups is 1. The van der Waals surface area contributed by atoms with Gasteiger partial charge in [0.1, 0.15) is 11.4 Å². The predicted molar refractivity (Wildman–Crippen MR) is 81.7 cm³/mol. The molecule has 0 bridgehead atoms. The maximum Gasteiger partial charge on any atom is 0.410 e. The zero-order chi connectivity index (χ0) is 16.5. The van der Waals surface area contributed by atoms with Crippen LogP contribution >= 0.6 is 15.9 Å². The van der Waals surface area contributed by atoms with Crippen molar-refractivity contribution in [2.45, 2.75) is 44.9 Å². The Kier molecular flexibility index (Phi) is 4.75. The van der Waals surface area contributed by atoms with E-state index >= 15 is 4.39 Å². The summed E-state index contributed by atoms with van der Waals surface area (Å²) in [6.45, 7) is 5.82. The summed E-state index contributed by atoms with van der Waals surface area (Å²) in [5, 5.41) is 0. The van der Waals surface area contributed by atoms with Gasteiger partial charge >= 0.3 is 6.09 Å². The summed E-state index contributed by atoms with van der Waals surface area (Å²) in [4.78, 5) is 17.3. The molecule has 0 atom stereocenters. The second kappa shape index (κ2) is 6.10. The van der Waals surface area contributed by atoms with Crippen LogP contribution in [0.5, 0.6) is 0 Å². The van der Waals surface area contributed by atoms with E-state index in [9.17, 15) is 9.18 Å². The molecule has 2 heterocycles. The SMILES string of the molecule is CC(C)(C)OC(=O)N1CCC(F)(c2ncc(F)cc2Br)CC1. The molecule has 1 amide bonds. The predicted octanol–water partition coefficient (Wildman–Crippen LogP) is 4.18. The number of likely N-dealkylation sites (tertiary alicyclic amines) is 1. The Labute approximate surface area is 137 Å². The number of halogens is 3. The number of rotatable bonds is 1. The first-order chi connectivity index (χ1) is 10.1. The monoisotopic (exact) mass is 376 g/mol. The van der Waals surface area contributed by atoms with Gasteiger partial charge in [0.15, 0.2) is 5.67 Å². The highest BCUT2D eigenvalue weighted by molar-refractivity contribution is 9.10. The minimum absolute atomic E-state index is 0.101. The molecule has 7 heteroatoms. The maximum atomic E-state index is 15.1. The van der Waals surface area contributed by atoms with Crippen LogP contribution in [0.1, 0.15) is 39.3 Å². The fourth-order valence-corrected chi connectivity index (χ4v) is 3.03. The van der Waals surface area contributed by atoms with E-state index in [-0.39, 0.29) is 31.6 Å². The Balaban J connectivity index is 2.06. The number of hydrogen-bond donors (Lipinski definition) is 0. The van der Waals surface area contributed by atoms with Gasteiger partial charge in [-0.15, -0.1) is 0 Å². The van der Waals surface area contributed by atoms with Crippen molar-refractivity contribution in [3.63, 3.8) is 0 Å². The molecule has 1 aliphatic rings. The van der Waals surface area contributed by atoms with Gasteiger partial charge in [0.25, 0.3) is 0 Å². The zero-order valence-corrected chi connectivity index (χ0v) is 14.4. The molecule has 1 aromatic heterocycles. The lowest BCUT2D eigenvalue weighted by atomic mass is 9.89. The first-order valence-corrected chi connectivity index (χ1v) is 7.88. The maximum absolute atomic E-state index is 15.1. The highest BCUT2D eigenvalue weighted by atomic mass is 79.9. The molecular weight excluding hydrogens is 358 g/mol. The normalized spacial score (nSPS) is 18.2. The quantitative estimate of drug-likeness (QED) is 0.738. The van der Waals surface area contributed by atoms with Gasteiger partial charge < -0.3 is 9.64 Å². The second-order valence-corrected chi connectivity index (χ2v) is 7.27. The molecule has 122 valence electrons. The van der Waals surface area contributed by atoms with Crippen molar-refractivity contribution in [2.24, 2.45) is 0 Å². The van der Waals surface area contributed by atoms with E-state index in [4.69, 9.17) is 4.74 Å². The highest BCUT2D eigenvalue weighted by Crippen LogP contribution is 2.39. The Hall–Kier alpha value is -1.24. The van der Waals surface area contributed by atoms with Gasteiger partial charge in [0.05, 0.1) is 11.9 Å². The molecule has 2 rings (SSSR count). The van der Waals surface area contributed by atoms with Gasteiger partial charge in [-0.1, -0.05) is 0 Å². The van der Waals surface area contributed by atoms with Crippen molar-refractivity contribution in [3.05, 3.63) is 28.2 Å². The van der Waals surface area contributed by atoms with E-state index in [1.807, 2.05) is 0 Å². The van der Waals surface area contributed by atoms with Gasteiger partial charge in [-0.05, 0) is 42.8 Å². The van der Waals surface area contributed by atoms with E-state index in [1.165, 1.54) is 11.0 Å². The number of aromatic nitrogens is 1. The number of ether oxygens (including phenoxy) is 1. The summed E-state index contributed by atoms with van der Waals surface area (Å²) in [7, 11) is 0. The van der Waals surface area contributed by atoms with Crippen LogP contribution in [0.2, 0.25) is 0 Å². The van der Waals surface area contributed by atoms with E-state index in [0.717, 1.165) is 6.20 Å². The van der Waals surface area contributed by atoms with Gasteiger partial charge in [0, 0.05) is 30.4 Å². The number of carbonyl (C=O) groups excluding carboxylic acids is 1. The lowest BCUT2D eigenvalue weighted by Crippen LogP contribution is -2.45. The lowest BCUT2D eigenvalue weighted by Gasteiger charge is -2.37. The Morgan fingerprint density at radius 3 is 2.50 bits per heavy atom. The number of alkyl halides is 1. The molecule has 0 aromatic carbocycles. The van der Waals surface area contributed by atoms with Crippen LogP contribution < -0.4 is 0 Å². The lowest BCUT2D eigenvalue weighted by molar-refractivity contribution is 0.00107. The third-order valence-corrected chi connectivity index (χ3v) is 4.04. The topological polar surface area (TPSA) is 42.4 Å². The van der Waals surface area contributed by atoms with Gasteiger partial charge in [-0.2, -0.15) is 0 Å². The van der Waals surface area contributed by atoms with Crippen molar-refractivity contribution in [3.8, 4) is 0 Å². The molecule has 0 unspecified atom stereocenters. The fraction of sp³-hybridized carbons (Fsp3) is 0.600. The molecule has 1 fully saturated rings. The van der Waals surface area contributed by atoms with Crippen molar-refractivity contribution in [2.75, 3.05) is 13.1 Å². The average Bonchev–Trinajstić information content (AvgIpc) is 2.36. The van der Waals surface area contributed by atoms with Crippen LogP contribution in [0.4, 0.5) is 13.6 Å². The highest BCUT2D eigenvalue weighted by Gasteiger charge is 2.41. The number of amides is 1. The molecule has 1 saturated heterocycles. The summed E-state index contributed by atoms with van der Waals surface area (Å²) in [6.07, 6.45) is 0.759. The summed E-state index contributed by atoms with van der Waals surface area (Å²) < 4.78 is 33.7. The molecule has 1 aliphatic heterocycles. The Bertz CT molecular complexity index is 567. The van der Waals surface area contributed by atoms with Crippen LogP contribution in [-0.2, 0) is 10.4 Å². The van der Waals surface area contributed by atoms with Crippen molar-refractivity contribution in [1.29, 1.82) is 0 Å². The van der Waals surface area contributed by atoms with Crippen molar-refractivity contribution in [1.82, 2.24) is 9.88 Å².